The second-order valence-electron chi connectivity index (χ2n) is 6.36. The lowest BCUT2D eigenvalue weighted by Crippen LogP contribution is -2.47. The third kappa shape index (κ3) is 7.73. The Hall–Kier alpha value is -1.71. The summed E-state index contributed by atoms with van der Waals surface area (Å²) in [5, 5.41) is 3.37. The summed E-state index contributed by atoms with van der Waals surface area (Å²) in [7, 11) is 3.43. The lowest BCUT2D eigenvalue weighted by molar-refractivity contribution is -0.149. The molecule has 1 aromatic rings. The Morgan fingerprint density at radius 3 is 2.43 bits per heavy atom. The molecule has 1 N–H and O–H groups in total. The number of likely N-dealkylation sites (tertiary alicyclic amines) is 1. The van der Waals surface area contributed by atoms with Gasteiger partial charge < -0.3 is 24.4 Å². The van der Waals surface area contributed by atoms with Gasteiger partial charge >= 0.3 is 5.97 Å². The summed E-state index contributed by atoms with van der Waals surface area (Å²) in [4.78, 5) is 18.4. The number of rotatable bonds is 8. The van der Waals surface area contributed by atoms with Crippen molar-refractivity contribution in [1.29, 1.82) is 0 Å². The summed E-state index contributed by atoms with van der Waals surface area (Å²) in [5.74, 6) is 2.47. The van der Waals surface area contributed by atoms with Gasteiger partial charge in [0.2, 0.25) is 0 Å². The summed E-state index contributed by atoms with van der Waals surface area (Å²) < 4.78 is 16.0. The van der Waals surface area contributed by atoms with Crippen LogP contribution in [0, 0.1) is 5.92 Å². The number of methoxy groups -OCH3 is 1. The predicted molar refractivity (Wildman–Crippen MR) is 121 cm³/mol. The number of benzene rings is 1. The number of halogens is 1. The van der Waals surface area contributed by atoms with Crippen molar-refractivity contribution in [2.24, 2.45) is 10.9 Å². The summed E-state index contributed by atoms with van der Waals surface area (Å²) in [6, 6.07) is 7.57. The highest BCUT2D eigenvalue weighted by Crippen LogP contribution is 2.19. The lowest BCUT2D eigenvalue weighted by Gasteiger charge is -2.33. The molecule has 0 aromatic heterocycles. The van der Waals surface area contributed by atoms with E-state index in [2.05, 4.69) is 15.2 Å². The second-order valence-corrected chi connectivity index (χ2v) is 6.36. The van der Waals surface area contributed by atoms with Crippen LogP contribution < -0.4 is 14.8 Å². The Morgan fingerprint density at radius 2 is 1.86 bits per heavy atom. The lowest BCUT2D eigenvalue weighted by atomic mass is 9.97. The number of carbonyl (C=O) groups is 1. The quantitative estimate of drug-likeness (QED) is 0.193. The molecule has 7 nitrogen and oxygen atoms in total. The van der Waals surface area contributed by atoms with E-state index in [0.717, 1.165) is 56.4 Å². The number of esters is 1. The standard InChI is InChI=1S/C20H31N3O4.HI/c1-4-26-19(24)16-10-13-23(14-11-16)20(21-2)22-12-5-15-27-18-8-6-17(25-3)7-9-18;/h6-9,16H,4-5,10-15H2,1-3H3,(H,21,22);1H. The van der Waals surface area contributed by atoms with Crippen LogP contribution in [0.25, 0.3) is 0 Å². The van der Waals surface area contributed by atoms with Gasteiger partial charge in [0.25, 0.3) is 0 Å². The number of hydrogen-bond donors (Lipinski definition) is 1. The zero-order valence-corrected chi connectivity index (χ0v) is 19.3. The number of guanidine groups is 1. The molecule has 0 atom stereocenters. The van der Waals surface area contributed by atoms with Crippen molar-refractivity contribution in [3.05, 3.63) is 24.3 Å². The number of nitrogens with zero attached hydrogens (tertiary/aromatic N) is 2. The Balaban J connectivity index is 0.00000392. The third-order valence-electron chi connectivity index (χ3n) is 4.56. The first-order valence-electron chi connectivity index (χ1n) is 9.57. The van der Waals surface area contributed by atoms with Gasteiger partial charge in [-0.1, -0.05) is 0 Å². The maximum absolute atomic E-state index is 11.8. The Labute approximate surface area is 184 Å². The maximum atomic E-state index is 11.8. The number of hydrogen-bond acceptors (Lipinski definition) is 5. The van der Waals surface area contributed by atoms with Gasteiger partial charge in [0.1, 0.15) is 11.5 Å². The zero-order valence-electron chi connectivity index (χ0n) is 17.0. The Kier molecular flexibility index (Phi) is 11.7. The molecule has 8 heteroatoms. The molecule has 2 rings (SSSR count). The van der Waals surface area contributed by atoms with Crippen molar-refractivity contribution >= 4 is 35.9 Å². The van der Waals surface area contributed by atoms with Crippen LogP contribution in [-0.2, 0) is 9.53 Å². The van der Waals surface area contributed by atoms with Gasteiger partial charge in [0, 0.05) is 26.7 Å². The van der Waals surface area contributed by atoms with Gasteiger partial charge in [-0.3, -0.25) is 9.79 Å². The largest absolute Gasteiger partial charge is 0.497 e. The molecular formula is C20H32IN3O4. The summed E-state index contributed by atoms with van der Waals surface area (Å²) >= 11 is 0. The van der Waals surface area contributed by atoms with Crippen LogP contribution in [0.1, 0.15) is 26.2 Å². The molecule has 0 bridgehead atoms. The zero-order chi connectivity index (χ0) is 19.5. The molecule has 1 heterocycles. The smallest absolute Gasteiger partial charge is 0.309 e. The molecule has 0 aliphatic carbocycles. The van der Waals surface area contributed by atoms with E-state index in [1.807, 2.05) is 31.2 Å². The van der Waals surface area contributed by atoms with E-state index in [1.54, 1.807) is 14.2 Å². The fourth-order valence-electron chi connectivity index (χ4n) is 3.05. The first-order chi connectivity index (χ1) is 13.2. The first-order valence-corrected chi connectivity index (χ1v) is 9.57. The van der Waals surface area contributed by atoms with Crippen LogP contribution in [0.3, 0.4) is 0 Å². The van der Waals surface area contributed by atoms with Gasteiger partial charge in [0.15, 0.2) is 5.96 Å². The van der Waals surface area contributed by atoms with Crippen molar-refractivity contribution in [3.8, 4) is 11.5 Å². The first kappa shape index (κ1) is 24.3. The van der Waals surface area contributed by atoms with Crippen molar-refractivity contribution in [2.45, 2.75) is 26.2 Å². The van der Waals surface area contributed by atoms with Crippen LogP contribution in [0.15, 0.2) is 29.3 Å². The van der Waals surface area contributed by atoms with E-state index in [-0.39, 0.29) is 35.9 Å². The Bertz CT molecular complexity index is 602. The second kappa shape index (κ2) is 13.5. The molecule has 0 radical (unpaired) electrons. The average molecular weight is 505 g/mol. The summed E-state index contributed by atoms with van der Waals surface area (Å²) in [6.45, 7) is 5.32. The molecule has 0 amide bonds. The van der Waals surface area contributed by atoms with E-state index < -0.39 is 0 Å². The number of carbonyl (C=O) groups excluding carboxylic acids is 1. The minimum Gasteiger partial charge on any atom is -0.497 e. The molecule has 0 spiro atoms. The number of piperidine rings is 1. The van der Waals surface area contributed by atoms with Crippen molar-refractivity contribution in [1.82, 2.24) is 10.2 Å². The molecule has 1 aliphatic rings. The average Bonchev–Trinajstić information content (AvgIpc) is 2.71. The van der Waals surface area contributed by atoms with Crippen LogP contribution in [0.2, 0.25) is 0 Å². The molecular weight excluding hydrogens is 473 g/mol. The molecule has 1 aliphatic heterocycles. The predicted octanol–water partition coefficient (Wildman–Crippen LogP) is 2.93. The van der Waals surface area contributed by atoms with Gasteiger partial charge in [-0.25, -0.2) is 0 Å². The van der Waals surface area contributed by atoms with Crippen LogP contribution in [-0.4, -0.2) is 63.8 Å². The minimum atomic E-state index is -0.0734. The van der Waals surface area contributed by atoms with Gasteiger partial charge in [-0.05, 0) is 50.5 Å². The Morgan fingerprint density at radius 1 is 1.21 bits per heavy atom. The van der Waals surface area contributed by atoms with Gasteiger partial charge in [0.05, 0.1) is 26.2 Å². The fraction of sp³-hybridized carbons (Fsp3) is 0.600. The molecule has 1 aromatic carbocycles. The van der Waals surface area contributed by atoms with E-state index in [0.29, 0.717) is 13.2 Å². The van der Waals surface area contributed by atoms with Crippen LogP contribution in [0.4, 0.5) is 0 Å². The highest BCUT2D eigenvalue weighted by molar-refractivity contribution is 14.0. The van der Waals surface area contributed by atoms with Crippen molar-refractivity contribution in [2.75, 3.05) is 47.0 Å². The molecule has 0 saturated carbocycles. The number of nitrogens with one attached hydrogen (secondary N) is 1. The third-order valence-corrected chi connectivity index (χ3v) is 4.56. The molecule has 28 heavy (non-hydrogen) atoms. The molecule has 1 saturated heterocycles. The molecule has 0 unspecified atom stereocenters. The van der Waals surface area contributed by atoms with Crippen LogP contribution in [0.5, 0.6) is 11.5 Å². The maximum Gasteiger partial charge on any atom is 0.309 e. The van der Waals surface area contributed by atoms with Gasteiger partial charge in [-0.15, -0.1) is 24.0 Å². The number of aliphatic imine (C=N–C) groups is 1. The van der Waals surface area contributed by atoms with Gasteiger partial charge in [-0.2, -0.15) is 0 Å². The molecule has 158 valence electrons. The molecule has 1 fully saturated rings. The minimum absolute atomic E-state index is 0. The highest BCUT2D eigenvalue weighted by atomic mass is 127. The highest BCUT2D eigenvalue weighted by Gasteiger charge is 2.27. The van der Waals surface area contributed by atoms with Crippen molar-refractivity contribution < 1.29 is 19.0 Å². The fourth-order valence-corrected chi connectivity index (χ4v) is 3.05. The number of ether oxygens (including phenoxy) is 3. The monoisotopic (exact) mass is 505 g/mol. The van der Waals surface area contributed by atoms with Crippen molar-refractivity contribution in [3.63, 3.8) is 0 Å². The van der Waals surface area contributed by atoms with Crippen LogP contribution >= 0.6 is 24.0 Å². The topological polar surface area (TPSA) is 72.4 Å². The van der Waals surface area contributed by atoms with E-state index >= 15 is 0 Å². The SMILES string of the molecule is CCOC(=O)C1CCN(C(=NC)NCCCOc2ccc(OC)cc2)CC1.I. The summed E-state index contributed by atoms with van der Waals surface area (Å²) in [6.07, 6.45) is 2.48. The van der Waals surface area contributed by atoms with E-state index in [9.17, 15) is 4.79 Å². The summed E-state index contributed by atoms with van der Waals surface area (Å²) in [5.41, 5.74) is 0. The van der Waals surface area contributed by atoms with E-state index in [4.69, 9.17) is 14.2 Å². The van der Waals surface area contributed by atoms with E-state index in [1.165, 1.54) is 0 Å². The normalized spacial score (nSPS) is 14.8.